The minimum atomic E-state index is -0.936. The molecule has 7 nitrogen and oxygen atoms in total. The van der Waals surface area contributed by atoms with Gasteiger partial charge < -0.3 is 18.8 Å². The zero-order valence-corrected chi connectivity index (χ0v) is 21.8. The smallest absolute Gasteiger partial charge is 0.294 e. The van der Waals surface area contributed by atoms with E-state index < -0.39 is 23.5 Å². The summed E-state index contributed by atoms with van der Waals surface area (Å²) in [6.07, 6.45) is 3.56. The minimum Gasteiger partial charge on any atom is -0.503 e. The fraction of sp³-hybridized carbons (Fsp3) is 0.241. The highest BCUT2D eigenvalue weighted by Crippen LogP contribution is 2.43. The number of halogens is 1. The first-order chi connectivity index (χ1) is 17.9. The number of amides is 1. The molecule has 188 valence electrons. The Balaban J connectivity index is 1.40. The molecule has 4 heterocycles. The van der Waals surface area contributed by atoms with Crippen molar-refractivity contribution in [3.05, 3.63) is 93.7 Å². The number of ketones is 1. The highest BCUT2D eigenvalue weighted by molar-refractivity contribution is 9.10. The van der Waals surface area contributed by atoms with E-state index in [2.05, 4.69) is 20.8 Å². The van der Waals surface area contributed by atoms with Gasteiger partial charge in [-0.3, -0.25) is 14.5 Å². The van der Waals surface area contributed by atoms with Crippen molar-refractivity contribution in [3.8, 4) is 0 Å². The summed E-state index contributed by atoms with van der Waals surface area (Å²) in [4.78, 5) is 30.9. The van der Waals surface area contributed by atoms with E-state index in [4.69, 9.17) is 8.83 Å². The molecule has 2 aromatic carbocycles. The van der Waals surface area contributed by atoms with Crippen LogP contribution in [0.25, 0.3) is 11.0 Å². The van der Waals surface area contributed by atoms with E-state index in [9.17, 15) is 14.7 Å². The van der Waals surface area contributed by atoms with E-state index in [1.54, 1.807) is 31.2 Å². The van der Waals surface area contributed by atoms with Gasteiger partial charge in [0.05, 0.1) is 5.57 Å². The van der Waals surface area contributed by atoms with Crippen LogP contribution in [0.3, 0.4) is 0 Å². The predicted molar refractivity (Wildman–Crippen MR) is 144 cm³/mol. The molecule has 0 bridgehead atoms. The number of aliphatic hydroxyl groups excluding tert-OH is 1. The third-order valence-electron chi connectivity index (χ3n) is 7.03. The second-order valence-corrected chi connectivity index (χ2v) is 10.4. The van der Waals surface area contributed by atoms with E-state index in [1.807, 2.05) is 36.4 Å². The van der Waals surface area contributed by atoms with E-state index in [0.29, 0.717) is 22.8 Å². The number of benzene rings is 2. The molecule has 1 atom stereocenters. The SMILES string of the molecule is Cc1ccc(C2C(C(=O)c3cc4cc(Br)ccc4o3)=C(O)C(=O)N2c2ccc(N3CCCCC3)cc2)o1. The van der Waals surface area contributed by atoms with Gasteiger partial charge in [0, 0.05) is 34.3 Å². The number of nitrogens with zero attached hydrogens (tertiary/aromatic N) is 2. The second kappa shape index (κ2) is 9.27. The lowest BCUT2D eigenvalue weighted by atomic mass is 9.99. The van der Waals surface area contributed by atoms with Crippen LogP contribution in [0.2, 0.25) is 0 Å². The summed E-state index contributed by atoms with van der Waals surface area (Å²) in [5, 5.41) is 11.7. The summed E-state index contributed by atoms with van der Waals surface area (Å²) in [6.45, 7) is 3.80. The molecular formula is C29H25BrN2O5. The van der Waals surface area contributed by atoms with Gasteiger partial charge in [-0.15, -0.1) is 0 Å². The molecule has 4 aromatic rings. The van der Waals surface area contributed by atoms with Crippen molar-refractivity contribution in [1.29, 1.82) is 0 Å². The molecule has 0 radical (unpaired) electrons. The molecule has 0 spiro atoms. The average Bonchev–Trinajstić information content (AvgIpc) is 3.60. The fourth-order valence-corrected chi connectivity index (χ4v) is 5.59. The molecule has 0 aliphatic carbocycles. The average molecular weight is 561 g/mol. The number of Topliss-reactive ketones (excluding diaryl/α,β-unsaturated/α-hetero) is 1. The van der Waals surface area contributed by atoms with Crippen LogP contribution < -0.4 is 9.80 Å². The standard InChI is InChI=1S/C29H25BrN2O5/c1-17-5-11-23(36-17)26-25(27(33)24-16-18-15-19(30)6-12-22(18)37-24)28(34)29(35)32(26)21-9-7-20(8-10-21)31-13-3-2-4-14-31/h5-12,15-16,26,34H,2-4,13-14H2,1H3. The third-order valence-corrected chi connectivity index (χ3v) is 7.53. The zero-order chi connectivity index (χ0) is 25.7. The van der Waals surface area contributed by atoms with Crippen LogP contribution in [0.15, 0.2) is 85.3 Å². The van der Waals surface area contributed by atoms with Crippen molar-refractivity contribution in [3.63, 3.8) is 0 Å². The van der Waals surface area contributed by atoms with Crippen molar-refractivity contribution in [2.45, 2.75) is 32.2 Å². The van der Waals surface area contributed by atoms with Gasteiger partial charge in [0.25, 0.3) is 5.91 Å². The topological polar surface area (TPSA) is 87.1 Å². The maximum absolute atomic E-state index is 13.7. The van der Waals surface area contributed by atoms with Crippen LogP contribution in [-0.4, -0.2) is 29.9 Å². The number of hydrogen-bond donors (Lipinski definition) is 1. The predicted octanol–water partition coefficient (Wildman–Crippen LogP) is 6.87. The van der Waals surface area contributed by atoms with Gasteiger partial charge in [-0.1, -0.05) is 15.9 Å². The first-order valence-electron chi connectivity index (χ1n) is 12.3. The van der Waals surface area contributed by atoms with Crippen LogP contribution in [0.5, 0.6) is 0 Å². The Bertz CT molecular complexity index is 1540. The van der Waals surface area contributed by atoms with Crippen LogP contribution >= 0.6 is 15.9 Å². The minimum absolute atomic E-state index is 0.0398. The Kier molecular flexibility index (Phi) is 5.91. The van der Waals surface area contributed by atoms with Gasteiger partial charge >= 0.3 is 0 Å². The molecule has 1 amide bonds. The lowest BCUT2D eigenvalue weighted by Crippen LogP contribution is -2.31. The molecule has 1 unspecified atom stereocenters. The van der Waals surface area contributed by atoms with E-state index in [-0.39, 0.29) is 11.3 Å². The van der Waals surface area contributed by atoms with Crippen LogP contribution in [-0.2, 0) is 4.79 Å². The highest BCUT2D eigenvalue weighted by atomic mass is 79.9. The molecule has 2 aliphatic heterocycles. The molecule has 37 heavy (non-hydrogen) atoms. The Hall–Kier alpha value is -3.78. The summed E-state index contributed by atoms with van der Waals surface area (Å²) in [6, 6.07) is 17.3. The molecule has 2 aromatic heterocycles. The van der Waals surface area contributed by atoms with Crippen molar-refractivity contribution in [2.24, 2.45) is 0 Å². The maximum Gasteiger partial charge on any atom is 0.294 e. The summed E-state index contributed by atoms with van der Waals surface area (Å²) in [5.41, 5.74) is 2.11. The number of piperidine rings is 1. The number of carbonyl (C=O) groups is 2. The van der Waals surface area contributed by atoms with Gasteiger partial charge in [0.15, 0.2) is 11.5 Å². The normalized spacial score (nSPS) is 18.3. The summed E-state index contributed by atoms with van der Waals surface area (Å²) in [7, 11) is 0. The molecule has 6 rings (SSSR count). The first kappa shape index (κ1) is 23.6. The van der Waals surface area contributed by atoms with Crippen LogP contribution in [0.4, 0.5) is 11.4 Å². The fourth-order valence-electron chi connectivity index (χ4n) is 5.21. The number of anilines is 2. The van der Waals surface area contributed by atoms with Crippen molar-refractivity contribution < 1.29 is 23.5 Å². The lowest BCUT2D eigenvalue weighted by Gasteiger charge is -2.30. The van der Waals surface area contributed by atoms with Gasteiger partial charge in [-0.05, 0) is 86.8 Å². The number of rotatable bonds is 5. The maximum atomic E-state index is 13.7. The third kappa shape index (κ3) is 4.15. The molecule has 1 fully saturated rings. The summed E-state index contributed by atoms with van der Waals surface area (Å²) < 4.78 is 12.5. The number of aliphatic hydroxyl groups is 1. The van der Waals surface area contributed by atoms with Gasteiger partial charge in [-0.2, -0.15) is 0 Å². The van der Waals surface area contributed by atoms with Crippen molar-refractivity contribution in [2.75, 3.05) is 22.9 Å². The van der Waals surface area contributed by atoms with E-state index in [0.717, 1.165) is 41.5 Å². The lowest BCUT2D eigenvalue weighted by molar-refractivity contribution is -0.117. The van der Waals surface area contributed by atoms with E-state index in [1.165, 1.54) is 11.3 Å². The largest absolute Gasteiger partial charge is 0.503 e. The number of aryl methyl sites for hydroxylation is 1. The number of fused-ring (bicyclic) bond motifs is 1. The summed E-state index contributed by atoms with van der Waals surface area (Å²) in [5.74, 6) is -0.771. The summed E-state index contributed by atoms with van der Waals surface area (Å²) >= 11 is 3.43. The molecule has 0 saturated carbocycles. The second-order valence-electron chi connectivity index (χ2n) is 9.47. The van der Waals surface area contributed by atoms with Gasteiger partial charge in [-0.25, -0.2) is 0 Å². The van der Waals surface area contributed by atoms with E-state index >= 15 is 0 Å². The Morgan fingerprint density at radius 1 is 0.946 bits per heavy atom. The van der Waals surface area contributed by atoms with Crippen molar-refractivity contribution in [1.82, 2.24) is 0 Å². The number of furan rings is 2. The molecular weight excluding hydrogens is 536 g/mol. The molecule has 8 heteroatoms. The first-order valence-corrected chi connectivity index (χ1v) is 13.1. The number of carbonyl (C=O) groups excluding carboxylic acids is 2. The molecule has 1 saturated heterocycles. The zero-order valence-electron chi connectivity index (χ0n) is 20.2. The monoisotopic (exact) mass is 560 g/mol. The Morgan fingerprint density at radius 3 is 2.38 bits per heavy atom. The van der Waals surface area contributed by atoms with Crippen molar-refractivity contribution >= 4 is 50.0 Å². The van der Waals surface area contributed by atoms with Crippen LogP contribution in [0, 0.1) is 6.92 Å². The highest BCUT2D eigenvalue weighted by Gasteiger charge is 2.47. The quantitative estimate of drug-likeness (QED) is 0.268. The Morgan fingerprint density at radius 2 is 1.68 bits per heavy atom. The Labute approximate surface area is 222 Å². The number of hydrogen-bond acceptors (Lipinski definition) is 6. The van der Waals surface area contributed by atoms with Gasteiger partial charge in [0.1, 0.15) is 23.1 Å². The molecule has 1 N–H and O–H groups in total. The molecule has 2 aliphatic rings. The van der Waals surface area contributed by atoms with Gasteiger partial charge in [0.2, 0.25) is 5.78 Å². The van der Waals surface area contributed by atoms with Crippen LogP contribution in [0.1, 0.15) is 47.4 Å².